The number of benzene rings is 1. The molecule has 2 rings (SSSR count). The van der Waals surface area contributed by atoms with Gasteiger partial charge in [0.05, 0.1) is 13.0 Å². The maximum atomic E-state index is 12.5. The van der Waals surface area contributed by atoms with Crippen LogP contribution in [0.5, 0.6) is 0 Å². The topological polar surface area (TPSA) is 68.3 Å². The zero-order valence-electron chi connectivity index (χ0n) is 13.4. The molecule has 0 fully saturated rings. The average molecular weight is 301 g/mol. The van der Waals surface area contributed by atoms with Gasteiger partial charge in [-0.2, -0.15) is 0 Å². The third-order valence-electron chi connectivity index (χ3n) is 3.82. The molecule has 0 aliphatic carbocycles. The van der Waals surface area contributed by atoms with E-state index >= 15 is 0 Å². The van der Waals surface area contributed by atoms with E-state index in [2.05, 4.69) is 17.6 Å². The van der Waals surface area contributed by atoms with Gasteiger partial charge in [0.15, 0.2) is 0 Å². The molecule has 1 aromatic heterocycles. The van der Waals surface area contributed by atoms with E-state index in [-0.39, 0.29) is 24.9 Å². The summed E-state index contributed by atoms with van der Waals surface area (Å²) in [4.78, 5) is 25.2. The molecule has 22 heavy (non-hydrogen) atoms. The number of fused-ring (bicyclic) bond motifs is 1. The molecule has 0 aliphatic rings. The number of nitrogens with two attached hydrogens (primary N) is 1. The van der Waals surface area contributed by atoms with Crippen LogP contribution in [0, 0.1) is 0 Å². The number of hydrogen-bond acceptors (Lipinski definition) is 2. The molecule has 0 atom stereocenters. The number of carbonyl (C=O) groups is 2. The molecule has 0 spiro atoms. The summed E-state index contributed by atoms with van der Waals surface area (Å²) in [7, 11) is 0. The number of para-hydroxylation sites is 1. The Morgan fingerprint density at radius 1 is 1.27 bits per heavy atom. The van der Waals surface area contributed by atoms with E-state index in [4.69, 9.17) is 5.73 Å². The molecular weight excluding hydrogens is 278 g/mol. The summed E-state index contributed by atoms with van der Waals surface area (Å²) in [5, 5.41) is 1.08. The van der Waals surface area contributed by atoms with E-state index in [1.807, 2.05) is 38.2 Å². The Kier molecular flexibility index (Phi) is 4.85. The molecule has 5 heteroatoms. The van der Waals surface area contributed by atoms with Crippen molar-refractivity contribution in [2.75, 3.05) is 6.54 Å². The van der Waals surface area contributed by atoms with Gasteiger partial charge < -0.3 is 15.2 Å². The fourth-order valence-corrected chi connectivity index (χ4v) is 2.72. The molecule has 2 aromatic rings. The number of amides is 2. The number of carbonyl (C=O) groups excluding carboxylic acids is 2. The van der Waals surface area contributed by atoms with Gasteiger partial charge >= 0.3 is 0 Å². The van der Waals surface area contributed by atoms with Crippen molar-refractivity contribution >= 4 is 22.7 Å². The summed E-state index contributed by atoms with van der Waals surface area (Å²) in [6.45, 7) is 6.66. The third-order valence-corrected chi connectivity index (χ3v) is 3.82. The molecule has 0 aliphatic heterocycles. The summed E-state index contributed by atoms with van der Waals surface area (Å²) in [5.41, 5.74) is 7.35. The highest BCUT2D eigenvalue weighted by molar-refractivity contribution is 5.91. The van der Waals surface area contributed by atoms with Gasteiger partial charge in [-0.3, -0.25) is 9.59 Å². The molecule has 1 heterocycles. The number of aromatic nitrogens is 1. The number of rotatable bonds is 6. The molecule has 0 saturated heterocycles. The maximum absolute atomic E-state index is 12.5. The summed E-state index contributed by atoms with van der Waals surface area (Å²) in [5.74, 6) is -0.564. The largest absolute Gasteiger partial charge is 0.368 e. The zero-order valence-corrected chi connectivity index (χ0v) is 13.4. The van der Waals surface area contributed by atoms with Gasteiger partial charge in [0, 0.05) is 29.7 Å². The Balaban J connectivity index is 2.29. The highest BCUT2D eigenvalue weighted by Crippen LogP contribution is 2.22. The van der Waals surface area contributed by atoms with Crippen LogP contribution in [0.4, 0.5) is 0 Å². The molecule has 5 nitrogen and oxygen atoms in total. The third kappa shape index (κ3) is 3.30. The van der Waals surface area contributed by atoms with Crippen LogP contribution in [0.25, 0.3) is 10.9 Å². The first kappa shape index (κ1) is 16.1. The molecule has 0 radical (unpaired) electrons. The maximum Gasteiger partial charge on any atom is 0.237 e. The Morgan fingerprint density at radius 2 is 1.95 bits per heavy atom. The first-order chi connectivity index (χ1) is 10.4. The van der Waals surface area contributed by atoms with Crippen LogP contribution in [-0.4, -0.2) is 33.9 Å². The van der Waals surface area contributed by atoms with Gasteiger partial charge in [0.1, 0.15) is 0 Å². The van der Waals surface area contributed by atoms with E-state index in [0.29, 0.717) is 0 Å². The van der Waals surface area contributed by atoms with E-state index < -0.39 is 5.91 Å². The molecule has 1 aromatic carbocycles. The molecule has 0 unspecified atom stereocenters. The Labute approximate surface area is 130 Å². The van der Waals surface area contributed by atoms with Gasteiger partial charge in [-0.1, -0.05) is 18.2 Å². The zero-order chi connectivity index (χ0) is 16.3. The summed E-state index contributed by atoms with van der Waals surface area (Å²) >= 11 is 0. The highest BCUT2D eigenvalue weighted by Gasteiger charge is 2.20. The minimum absolute atomic E-state index is 0.0388. The van der Waals surface area contributed by atoms with Gasteiger partial charge in [-0.05, 0) is 32.4 Å². The van der Waals surface area contributed by atoms with Crippen molar-refractivity contribution in [1.82, 2.24) is 9.47 Å². The lowest BCUT2D eigenvalue weighted by atomic mass is 10.1. The second-order valence-electron chi connectivity index (χ2n) is 5.72. The van der Waals surface area contributed by atoms with E-state index in [1.54, 1.807) is 0 Å². The van der Waals surface area contributed by atoms with Gasteiger partial charge in [-0.15, -0.1) is 0 Å². The lowest BCUT2D eigenvalue weighted by Gasteiger charge is -2.25. The van der Waals surface area contributed by atoms with Crippen LogP contribution in [0.1, 0.15) is 26.3 Å². The monoisotopic (exact) mass is 301 g/mol. The van der Waals surface area contributed by atoms with Gasteiger partial charge in [-0.25, -0.2) is 0 Å². The molecule has 0 bridgehead atoms. The van der Waals surface area contributed by atoms with Crippen LogP contribution in [-0.2, 0) is 22.6 Å². The first-order valence-electron chi connectivity index (χ1n) is 7.58. The second-order valence-corrected chi connectivity index (χ2v) is 5.72. The van der Waals surface area contributed by atoms with Crippen LogP contribution < -0.4 is 5.73 Å². The van der Waals surface area contributed by atoms with Crippen LogP contribution in [0.15, 0.2) is 30.5 Å². The summed E-state index contributed by atoms with van der Waals surface area (Å²) in [6, 6.07) is 7.99. The number of hydrogen-bond donors (Lipinski definition) is 1. The average Bonchev–Trinajstić information content (AvgIpc) is 2.82. The summed E-state index contributed by atoms with van der Waals surface area (Å²) in [6.07, 6.45) is 2.30. The number of nitrogens with zero attached hydrogens (tertiary/aromatic N) is 2. The molecular formula is C17H23N3O2. The van der Waals surface area contributed by atoms with Gasteiger partial charge in [0.25, 0.3) is 0 Å². The van der Waals surface area contributed by atoms with Crippen LogP contribution >= 0.6 is 0 Å². The van der Waals surface area contributed by atoms with Crippen molar-refractivity contribution in [2.45, 2.75) is 39.8 Å². The predicted octanol–water partition coefficient (Wildman–Crippen LogP) is 1.93. The minimum Gasteiger partial charge on any atom is -0.368 e. The van der Waals surface area contributed by atoms with E-state index in [1.165, 1.54) is 4.90 Å². The lowest BCUT2D eigenvalue weighted by molar-refractivity contribution is -0.136. The number of aryl methyl sites for hydroxylation is 1. The highest BCUT2D eigenvalue weighted by atomic mass is 16.2. The SMILES string of the molecule is CCn1cc(CC(=O)N(CC(N)=O)C(C)C)c2ccccc21. The van der Waals surface area contributed by atoms with Crippen molar-refractivity contribution in [3.63, 3.8) is 0 Å². The standard InChI is InChI=1S/C17H23N3O2/c1-4-19-10-13(14-7-5-6-8-15(14)19)9-17(22)20(12(2)3)11-16(18)21/h5-8,10,12H,4,9,11H2,1-3H3,(H2,18,21). The lowest BCUT2D eigenvalue weighted by Crippen LogP contribution is -2.43. The van der Waals surface area contributed by atoms with Crippen LogP contribution in [0.2, 0.25) is 0 Å². The second kappa shape index (κ2) is 6.64. The quantitative estimate of drug-likeness (QED) is 0.885. The molecule has 0 saturated carbocycles. The Hall–Kier alpha value is -2.30. The minimum atomic E-state index is -0.488. The van der Waals surface area contributed by atoms with Crippen molar-refractivity contribution in [1.29, 1.82) is 0 Å². The van der Waals surface area contributed by atoms with Crippen molar-refractivity contribution in [2.24, 2.45) is 5.73 Å². The fourth-order valence-electron chi connectivity index (χ4n) is 2.72. The Morgan fingerprint density at radius 3 is 2.55 bits per heavy atom. The van der Waals surface area contributed by atoms with E-state index in [9.17, 15) is 9.59 Å². The summed E-state index contributed by atoms with van der Waals surface area (Å²) < 4.78 is 2.13. The van der Waals surface area contributed by atoms with Crippen molar-refractivity contribution in [3.05, 3.63) is 36.0 Å². The van der Waals surface area contributed by atoms with Crippen molar-refractivity contribution in [3.8, 4) is 0 Å². The fraction of sp³-hybridized carbons (Fsp3) is 0.412. The van der Waals surface area contributed by atoms with Gasteiger partial charge in [0.2, 0.25) is 11.8 Å². The smallest absolute Gasteiger partial charge is 0.237 e. The van der Waals surface area contributed by atoms with E-state index in [0.717, 1.165) is 23.0 Å². The predicted molar refractivity (Wildman–Crippen MR) is 87.4 cm³/mol. The first-order valence-corrected chi connectivity index (χ1v) is 7.58. The molecule has 2 N–H and O–H groups in total. The normalized spacial score (nSPS) is 11.1. The molecule has 118 valence electrons. The van der Waals surface area contributed by atoms with Crippen molar-refractivity contribution < 1.29 is 9.59 Å². The Bertz CT molecular complexity index is 688. The molecule has 2 amide bonds. The van der Waals surface area contributed by atoms with Crippen LogP contribution in [0.3, 0.4) is 0 Å². The number of primary amides is 1.